The average molecular weight is 473 g/mol. The molecule has 35 heavy (non-hydrogen) atoms. The summed E-state index contributed by atoms with van der Waals surface area (Å²) in [4.78, 5) is 67.2. The standard InChI is InChI=1S/C26H19NO8/c1-16(28)35-27-23(29)19-12-21(25(31)33-14-17-8-4-2-5-9-17)22(13-20(19)24(27)30)26(32)34-15-18-10-6-3-7-11-18/h2-13H,14-15H2,1H3. The zero-order chi connectivity index (χ0) is 24.9. The molecule has 176 valence electrons. The van der Waals surface area contributed by atoms with Crippen molar-refractivity contribution in [3.63, 3.8) is 0 Å². The number of amides is 2. The second kappa shape index (κ2) is 10.0. The summed E-state index contributed by atoms with van der Waals surface area (Å²) in [5.74, 6) is -4.56. The number of rotatable bonds is 7. The first-order chi connectivity index (χ1) is 16.8. The molecule has 0 saturated heterocycles. The molecular weight excluding hydrogens is 454 g/mol. The molecule has 0 aromatic heterocycles. The van der Waals surface area contributed by atoms with Crippen molar-refractivity contribution in [3.8, 4) is 0 Å². The zero-order valence-corrected chi connectivity index (χ0v) is 18.6. The van der Waals surface area contributed by atoms with Crippen molar-refractivity contribution in [1.29, 1.82) is 0 Å². The maximum atomic E-state index is 12.9. The highest BCUT2D eigenvalue weighted by Gasteiger charge is 2.41. The van der Waals surface area contributed by atoms with E-state index >= 15 is 0 Å². The molecule has 1 heterocycles. The molecule has 0 fully saturated rings. The lowest BCUT2D eigenvalue weighted by Gasteiger charge is -2.11. The molecule has 4 rings (SSSR count). The van der Waals surface area contributed by atoms with Crippen molar-refractivity contribution in [2.45, 2.75) is 20.1 Å². The Balaban J connectivity index is 1.66. The number of hydrogen-bond acceptors (Lipinski definition) is 8. The minimum absolute atomic E-state index is 0.0816. The Morgan fingerprint density at radius 3 is 1.46 bits per heavy atom. The highest BCUT2D eigenvalue weighted by molar-refractivity contribution is 6.22. The predicted octanol–water partition coefficient (Wildman–Crippen LogP) is 3.47. The lowest BCUT2D eigenvalue weighted by Crippen LogP contribution is -2.31. The number of imide groups is 1. The summed E-state index contributed by atoms with van der Waals surface area (Å²) in [6.07, 6.45) is 0. The third-order valence-electron chi connectivity index (χ3n) is 5.07. The van der Waals surface area contributed by atoms with Gasteiger partial charge in [-0.1, -0.05) is 65.7 Å². The second-order valence-electron chi connectivity index (χ2n) is 7.55. The van der Waals surface area contributed by atoms with Crippen molar-refractivity contribution in [2.75, 3.05) is 0 Å². The van der Waals surface area contributed by atoms with Crippen molar-refractivity contribution in [3.05, 3.63) is 106 Å². The summed E-state index contributed by atoms with van der Waals surface area (Å²) in [7, 11) is 0. The van der Waals surface area contributed by atoms with E-state index in [9.17, 15) is 24.0 Å². The summed E-state index contributed by atoms with van der Waals surface area (Å²) in [6, 6.07) is 19.9. The number of benzene rings is 3. The van der Waals surface area contributed by atoms with Crippen LogP contribution in [0.5, 0.6) is 0 Å². The summed E-state index contributed by atoms with van der Waals surface area (Å²) in [5, 5.41) is 0.283. The molecule has 0 bridgehead atoms. The van der Waals surface area contributed by atoms with E-state index in [1.165, 1.54) is 0 Å². The van der Waals surface area contributed by atoms with E-state index in [0.29, 0.717) is 11.1 Å². The Morgan fingerprint density at radius 2 is 1.09 bits per heavy atom. The van der Waals surface area contributed by atoms with Crippen molar-refractivity contribution in [1.82, 2.24) is 5.06 Å². The summed E-state index contributed by atoms with van der Waals surface area (Å²) >= 11 is 0. The normalized spacial score (nSPS) is 12.2. The second-order valence-corrected chi connectivity index (χ2v) is 7.55. The molecule has 9 nitrogen and oxygen atoms in total. The Bertz CT molecular complexity index is 1220. The highest BCUT2D eigenvalue weighted by atomic mass is 16.7. The van der Waals surface area contributed by atoms with Crippen molar-refractivity contribution >= 4 is 29.7 Å². The maximum Gasteiger partial charge on any atom is 0.339 e. The number of ether oxygens (including phenoxy) is 2. The number of hydroxylamine groups is 2. The van der Waals surface area contributed by atoms with Crippen LogP contribution in [0.4, 0.5) is 0 Å². The fourth-order valence-electron chi connectivity index (χ4n) is 3.42. The first kappa shape index (κ1) is 23.4. The lowest BCUT2D eigenvalue weighted by atomic mass is 9.99. The number of nitrogens with zero attached hydrogens (tertiary/aromatic N) is 1. The van der Waals surface area contributed by atoms with Crippen LogP contribution in [0.1, 0.15) is 59.5 Å². The van der Waals surface area contributed by atoms with Gasteiger partial charge in [0.05, 0.1) is 22.3 Å². The average Bonchev–Trinajstić information content (AvgIpc) is 3.10. The van der Waals surface area contributed by atoms with Gasteiger partial charge >= 0.3 is 17.9 Å². The minimum atomic E-state index is -0.943. The summed E-state index contributed by atoms with van der Waals surface area (Å²) < 4.78 is 10.7. The molecule has 9 heteroatoms. The Morgan fingerprint density at radius 1 is 0.686 bits per heavy atom. The number of fused-ring (bicyclic) bond motifs is 1. The molecule has 1 aliphatic rings. The molecule has 0 aliphatic carbocycles. The molecule has 0 N–H and O–H groups in total. The maximum absolute atomic E-state index is 12.9. The van der Waals surface area contributed by atoms with E-state index in [1.807, 2.05) is 12.1 Å². The van der Waals surface area contributed by atoms with Gasteiger partial charge < -0.3 is 14.3 Å². The first-order valence-electron chi connectivity index (χ1n) is 10.5. The van der Waals surface area contributed by atoms with Gasteiger partial charge in [0, 0.05) is 6.92 Å². The van der Waals surface area contributed by atoms with Crippen LogP contribution in [0.15, 0.2) is 72.8 Å². The molecule has 3 aromatic carbocycles. The van der Waals surface area contributed by atoms with Crippen molar-refractivity contribution < 1.29 is 38.3 Å². The van der Waals surface area contributed by atoms with Gasteiger partial charge in [-0.15, -0.1) is 0 Å². The number of carbonyl (C=O) groups is 5. The lowest BCUT2D eigenvalue weighted by molar-refractivity contribution is -0.165. The minimum Gasteiger partial charge on any atom is -0.457 e. The van der Waals surface area contributed by atoms with Gasteiger partial charge in [0.15, 0.2) is 0 Å². The van der Waals surface area contributed by atoms with Crippen LogP contribution in [0, 0.1) is 0 Å². The van der Waals surface area contributed by atoms with Crippen LogP contribution in [0.25, 0.3) is 0 Å². The summed E-state index contributed by atoms with van der Waals surface area (Å²) in [5.41, 5.74) is 0.488. The van der Waals surface area contributed by atoms with Gasteiger partial charge in [0.1, 0.15) is 13.2 Å². The number of esters is 2. The SMILES string of the molecule is CC(=O)ON1C(=O)c2cc(C(=O)OCc3ccccc3)c(C(=O)OCc3ccccc3)cc2C1=O. The first-order valence-corrected chi connectivity index (χ1v) is 10.5. The van der Waals surface area contributed by atoms with Crippen LogP contribution in [0.3, 0.4) is 0 Å². The van der Waals surface area contributed by atoms with Gasteiger partial charge in [-0.2, -0.15) is 0 Å². The van der Waals surface area contributed by atoms with Crippen LogP contribution in [0.2, 0.25) is 0 Å². The molecule has 0 unspecified atom stereocenters. The molecule has 0 spiro atoms. The smallest absolute Gasteiger partial charge is 0.339 e. The highest BCUT2D eigenvalue weighted by Crippen LogP contribution is 2.28. The largest absolute Gasteiger partial charge is 0.457 e. The van der Waals surface area contributed by atoms with Gasteiger partial charge in [-0.05, 0) is 23.3 Å². The van der Waals surface area contributed by atoms with Gasteiger partial charge in [-0.3, -0.25) is 9.59 Å². The van der Waals surface area contributed by atoms with E-state index in [4.69, 9.17) is 14.3 Å². The predicted molar refractivity (Wildman–Crippen MR) is 120 cm³/mol. The van der Waals surface area contributed by atoms with E-state index in [0.717, 1.165) is 19.1 Å². The molecule has 0 radical (unpaired) electrons. The molecular formula is C26H19NO8. The van der Waals surface area contributed by atoms with Gasteiger partial charge in [-0.25, -0.2) is 14.4 Å². The van der Waals surface area contributed by atoms with Crippen LogP contribution in [-0.2, 0) is 32.3 Å². The Labute approximate surface area is 199 Å². The fourth-order valence-corrected chi connectivity index (χ4v) is 3.42. The fraction of sp³-hybridized carbons (Fsp3) is 0.115. The molecule has 3 aromatic rings. The molecule has 2 amide bonds. The van der Waals surface area contributed by atoms with E-state index in [2.05, 4.69) is 0 Å². The third-order valence-corrected chi connectivity index (χ3v) is 5.07. The number of hydrogen-bond donors (Lipinski definition) is 0. The zero-order valence-electron chi connectivity index (χ0n) is 18.6. The number of carbonyl (C=O) groups excluding carboxylic acids is 5. The van der Waals surface area contributed by atoms with E-state index in [-0.39, 0.29) is 40.5 Å². The third kappa shape index (κ3) is 5.09. The Hall–Kier alpha value is -4.79. The molecule has 0 saturated carbocycles. The summed E-state index contributed by atoms with van der Waals surface area (Å²) in [6.45, 7) is 0.867. The molecule has 1 aliphatic heterocycles. The van der Waals surface area contributed by atoms with E-state index < -0.39 is 29.7 Å². The van der Waals surface area contributed by atoms with Gasteiger partial charge in [0.2, 0.25) is 0 Å². The van der Waals surface area contributed by atoms with Crippen molar-refractivity contribution in [2.24, 2.45) is 0 Å². The van der Waals surface area contributed by atoms with Crippen LogP contribution < -0.4 is 0 Å². The monoisotopic (exact) mass is 473 g/mol. The topological polar surface area (TPSA) is 116 Å². The van der Waals surface area contributed by atoms with Gasteiger partial charge in [0.25, 0.3) is 11.8 Å². The van der Waals surface area contributed by atoms with Crippen LogP contribution >= 0.6 is 0 Å². The Kier molecular flexibility index (Phi) is 6.68. The molecule has 0 atom stereocenters. The van der Waals surface area contributed by atoms with Crippen LogP contribution in [-0.4, -0.2) is 34.8 Å². The van der Waals surface area contributed by atoms with E-state index in [1.54, 1.807) is 48.5 Å². The quantitative estimate of drug-likeness (QED) is 0.378.